The highest BCUT2D eigenvalue weighted by atomic mass is 32.1. The zero-order valence-electron chi connectivity index (χ0n) is 8.32. The molecule has 0 aliphatic heterocycles. The SMILES string of the molecule is O=COCc1nc2cc(C(F)(F)F)ccc2s1. The van der Waals surface area contributed by atoms with Crippen molar-refractivity contribution < 1.29 is 22.7 Å². The molecule has 2 aromatic rings. The number of ether oxygens (including phenoxy) is 1. The van der Waals surface area contributed by atoms with E-state index in [4.69, 9.17) is 0 Å². The van der Waals surface area contributed by atoms with Crippen LogP contribution in [-0.2, 0) is 22.3 Å². The van der Waals surface area contributed by atoms with Crippen molar-refractivity contribution >= 4 is 28.0 Å². The highest BCUT2D eigenvalue weighted by molar-refractivity contribution is 7.18. The summed E-state index contributed by atoms with van der Waals surface area (Å²) in [5.41, 5.74) is -0.479. The minimum absolute atomic E-state index is 0.0236. The average Bonchev–Trinajstić information content (AvgIpc) is 2.66. The third-order valence-electron chi connectivity index (χ3n) is 2.03. The van der Waals surface area contributed by atoms with E-state index in [1.807, 2.05) is 0 Å². The Labute approximate surface area is 97.8 Å². The molecule has 0 radical (unpaired) electrons. The number of thiazole rings is 1. The van der Waals surface area contributed by atoms with Crippen molar-refractivity contribution in [1.82, 2.24) is 4.98 Å². The van der Waals surface area contributed by atoms with Gasteiger partial charge in [-0.2, -0.15) is 13.2 Å². The zero-order chi connectivity index (χ0) is 12.5. The van der Waals surface area contributed by atoms with Crippen molar-refractivity contribution in [2.75, 3.05) is 0 Å². The van der Waals surface area contributed by atoms with Crippen molar-refractivity contribution in [2.45, 2.75) is 12.8 Å². The fraction of sp³-hybridized carbons (Fsp3) is 0.200. The second kappa shape index (κ2) is 4.33. The quantitative estimate of drug-likeness (QED) is 0.797. The molecular weight excluding hydrogens is 255 g/mol. The number of fused-ring (bicyclic) bond motifs is 1. The zero-order valence-corrected chi connectivity index (χ0v) is 9.14. The first kappa shape index (κ1) is 11.8. The molecule has 90 valence electrons. The van der Waals surface area contributed by atoms with Crippen molar-refractivity contribution in [2.24, 2.45) is 0 Å². The largest absolute Gasteiger partial charge is 0.460 e. The van der Waals surface area contributed by atoms with Gasteiger partial charge in [-0.15, -0.1) is 11.3 Å². The highest BCUT2D eigenvalue weighted by Crippen LogP contribution is 2.32. The van der Waals surface area contributed by atoms with Gasteiger partial charge in [0.2, 0.25) is 0 Å². The molecule has 3 nitrogen and oxygen atoms in total. The lowest BCUT2D eigenvalue weighted by Gasteiger charge is -2.04. The molecule has 7 heteroatoms. The van der Waals surface area contributed by atoms with Crippen LogP contribution < -0.4 is 0 Å². The highest BCUT2D eigenvalue weighted by Gasteiger charge is 2.30. The number of hydrogen-bond donors (Lipinski definition) is 0. The van der Waals surface area contributed by atoms with Gasteiger partial charge in [-0.05, 0) is 18.2 Å². The minimum Gasteiger partial charge on any atom is -0.460 e. The summed E-state index contributed by atoms with van der Waals surface area (Å²) in [4.78, 5) is 13.9. The molecular formula is C10H6F3NO2S. The number of rotatable bonds is 3. The van der Waals surface area contributed by atoms with Crippen LogP contribution in [0.2, 0.25) is 0 Å². The van der Waals surface area contributed by atoms with Crippen molar-refractivity contribution in [3.05, 3.63) is 28.8 Å². The fourth-order valence-corrected chi connectivity index (χ4v) is 2.19. The Morgan fingerprint density at radius 2 is 2.18 bits per heavy atom. The molecule has 0 saturated heterocycles. The van der Waals surface area contributed by atoms with Crippen LogP contribution in [0.3, 0.4) is 0 Å². The Morgan fingerprint density at radius 3 is 2.82 bits per heavy atom. The summed E-state index contributed by atoms with van der Waals surface area (Å²) >= 11 is 1.19. The van der Waals surface area contributed by atoms with Gasteiger partial charge < -0.3 is 4.74 Å². The second-order valence-corrected chi connectivity index (χ2v) is 4.31. The Balaban J connectivity index is 2.37. The van der Waals surface area contributed by atoms with E-state index in [1.165, 1.54) is 17.4 Å². The first-order chi connectivity index (χ1) is 8.00. The van der Waals surface area contributed by atoms with Crippen LogP contribution in [0, 0.1) is 0 Å². The normalized spacial score (nSPS) is 11.7. The van der Waals surface area contributed by atoms with E-state index in [0.717, 1.165) is 12.1 Å². The number of carbonyl (C=O) groups excluding carboxylic acids is 1. The topological polar surface area (TPSA) is 39.2 Å². The predicted octanol–water partition coefficient (Wildman–Crippen LogP) is 2.99. The molecule has 1 aromatic carbocycles. The molecule has 17 heavy (non-hydrogen) atoms. The number of hydrogen-bond acceptors (Lipinski definition) is 4. The van der Waals surface area contributed by atoms with Crippen molar-refractivity contribution in [3.8, 4) is 0 Å². The first-order valence-electron chi connectivity index (χ1n) is 4.52. The molecule has 0 N–H and O–H groups in total. The van der Waals surface area contributed by atoms with Crippen LogP contribution in [0.1, 0.15) is 10.6 Å². The summed E-state index contributed by atoms with van der Waals surface area (Å²) in [6.07, 6.45) is -4.38. The summed E-state index contributed by atoms with van der Waals surface area (Å²) in [6, 6.07) is 3.35. The van der Waals surface area contributed by atoms with E-state index in [-0.39, 0.29) is 18.6 Å². The Morgan fingerprint density at radius 1 is 1.41 bits per heavy atom. The first-order valence-corrected chi connectivity index (χ1v) is 5.34. The number of alkyl halides is 3. The third kappa shape index (κ3) is 2.55. The summed E-state index contributed by atoms with van der Waals surface area (Å²) in [6.45, 7) is 0.247. The van der Waals surface area contributed by atoms with Crippen molar-refractivity contribution in [1.29, 1.82) is 0 Å². The number of halogens is 3. The minimum atomic E-state index is -4.38. The van der Waals surface area contributed by atoms with Crippen molar-refractivity contribution in [3.63, 3.8) is 0 Å². The molecule has 0 atom stereocenters. The van der Waals surface area contributed by atoms with Gasteiger partial charge in [-0.25, -0.2) is 4.98 Å². The Kier molecular flexibility index (Phi) is 3.01. The maximum absolute atomic E-state index is 12.4. The van der Waals surface area contributed by atoms with Crippen LogP contribution in [0.5, 0.6) is 0 Å². The third-order valence-corrected chi connectivity index (χ3v) is 3.04. The summed E-state index contributed by atoms with van der Waals surface area (Å²) in [5.74, 6) is 0. The van der Waals surface area contributed by atoms with Gasteiger partial charge in [-0.1, -0.05) is 0 Å². The molecule has 0 unspecified atom stereocenters. The number of nitrogens with zero attached hydrogens (tertiary/aromatic N) is 1. The van der Waals surface area contributed by atoms with Crippen LogP contribution in [0.15, 0.2) is 18.2 Å². The fourth-order valence-electron chi connectivity index (χ4n) is 1.32. The molecule has 0 bridgehead atoms. The molecule has 0 amide bonds. The van der Waals surface area contributed by atoms with Crippen LogP contribution in [-0.4, -0.2) is 11.5 Å². The van der Waals surface area contributed by atoms with E-state index in [1.54, 1.807) is 0 Å². The monoisotopic (exact) mass is 261 g/mol. The second-order valence-electron chi connectivity index (χ2n) is 3.20. The summed E-state index contributed by atoms with van der Waals surface area (Å²) in [5, 5.41) is 0.464. The van der Waals surface area contributed by atoms with Crippen LogP contribution >= 0.6 is 11.3 Å². The van der Waals surface area contributed by atoms with Gasteiger partial charge in [0.15, 0.2) is 0 Å². The Bertz CT molecular complexity index is 550. The van der Waals surface area contributed by atoms with Crippen LogP contribution in [0.4, 0.5) is 13.2 Å². The summed E-state index contributed by atoms with van der Waals surface area (Å²) in [7, 11) is 0. The van der Waals surface area contributed by atoms with E-state index >= 15 is 0 Å². The predicted molar refractivity (Wildman–Crippen MR) is 55.5 cm³/mol. The van der Waals surface area contributed by atoms with Gasteiger partial charge in [0.1, 0.15) is 11.6 Å². The van der Waals surface area contributed by atoms with Gasteiger partial charge in [0.05, 0.1) is 15.8 Å². The lowest BCUT2D eigenvalue weighted by Crippen LogP contribution is -2.03. The molecule has 2 rings (SSSR count). The van der Waals surface area contributed by atoms with E-state index in [0.29, 0.717) is 9.71 Å². The maximum Gasteiger partial charge on any atom is 0.416 e. The van der Waals surface area contributed by atoms with E-state index in [9.17, 15) is 18.0 Å². The van der Waals surface area contributed by atoms with Gasteiger partial charge in [-0.3, -0.25) is 4.79 Å². The number of aromatic nitrogens is 1. The lowest BCUT2D eigenvalue weighted by molar-refractivity contribution is -0.137. The molecule has 1 aromatic heterocycles. The van der Waals surface area contributed by atoms with Gasteiger partial charge in [0, 0.05) is 0 Å². The van der Waals surface area contributed by atoms with Gasteiger partial charge in [0.25, 0.3) is 6.47 Å². The average molecular weight is 261 g/mol. The molecule has 0 aliphatic rings. The van der Waals surface area contributed by atoms with E-state index in [2.05, 4.69) is 9.72 Å². The molecule has 0 aliphatic carbocycles. The number of benzene rings is 1. The molecule has 0 saturated carbocycles. The van der Waals surface area contributed by atoms with Gasteiger partial charge >= 0.3 is 6.18 Å². The standard InChI is InChI=1S/C10H6F3NO2S/c11-10(12,13)6-1-2-8-7(3-6)14-9(17-8)4-16-5-15/h1-3,5H,4H2. The maximum atomic E-state index is 12.4. The van der Waals surface area contributed by atoms with E-state index < -0.39 is 11.7 Å². The Hall–Kier alpha value is -1.63. The number of carbonyl (C=O) groups is 1. The van der Waals surface area contributed by atoms with Crippen LogP contribution in [0.25, 0.3) is 10.2 Å². The molecule has 1 heterocycles. The lowest BCUT2D eigenvalue weighted by atomic mass is 10.2. The smallest absolute Gasteiger partial charge is 0.416 e. The summed E-state index contributed by atoms with van der Waals surface area (Å²) < 4.78 is 42.4. The molecule has 0 fully saturated rings. The molecule has 0 spiro atoms.